The van der Waals surface area contributed by atoms with Gasteiger partial charge in [-0.1, -0.05) is 12.6 Å². The maximum atomic E-state index is 9.31. The third-order valence-corrected chi connectivity index (χ3v) is 3.33. The summed E-state index contributed by atoms with van der Waals surface area (Å²) in [6, 6.07) is 3.75. The van der Waals surface area contributed by atoms with E-state index in [-0.39, 0.29) is 6.61 Å². The highest BCUT2D eigenvalue weighted by Crippen LogP contribution is 2.15. The van der Waals surface area contributed by atoms with Crippen LogP contribution >= 0.6 is 0 Å². The molecule has 3 heterocycles. The molecular formula is C14H16N6O. The van der Waals surface area contributed by atoms with E-state index in [4.69, 9.17) is 5.73 Å². The fourth-order valence-electron chi connectivity index (χ4n) is 2.35. The number of pyridine rings is 1. The summed E-state index contributed by atoms with van der Waals surface area (Å²) in [5.41, 5.74) is 10.2. The highest BCUT2D eigenvalue weighted by molar-refractivity contribution is 5.59. The molecule has 0 amide bonds. The van der Waals surface area contributed by atoms with Gasteiger partial charge < -0.3 is 10.8 Å². The summed E-state index contributed by atoms with van der Waals surface area (Å²) in [6.45, 7) is 6.12. The van der Waals surface area contributed by atoms with Crippen molar-refractivity contribution in [1.82, 2.24) is 24.4 Å². The second kappa shape index (κ2) is 5.02. The zero-order chi connectivity index (χ0) is 15.0. The predicted molar refractivity (Wildman–Crippen MR) is 78.2 cm³/mol. The van der Waals surface area contributed by atoms with Gasteiger partial charge >= 0.3 is 0 Å². The third-order valence-electron chi connectivity index (χ3n) is 3.33. The Hall–Kier alpha value is -2.67. The molecule has 3 aromatic rings. The molecule has 0 saturated carbocycles. The number of aliphatic hydroxyl groups excluding tert-OH is 1. The smallest absolute Gasteiger partial charge is 0.160 e. The van der Waals surface area contributed by atoms with E-state index in [1.54, 1.807) is 9.20 Å². The van der Waals surface area contributed by atoms with Gasteiger partial charge in [-0.2, -0.15) is 10.2 Å². The zero-order valence-corrected chi connectivity index (χ0v) is 11.7. The highest BCUT2D eigenvalue weighted by Gasteiger charge is 2.11. The van der Waals surface area contributed by atoms with E-state index in [0.717, 1.165) is 11.1 Å². The third kappa shape index (κ3) is 2.27. The lowest BCUT2D eigenvalue weighted by atomic mass is 10.2. The molecule has 0 aliphatic carbocycles. The number of aliphatic hydroxyl groups is 1. The average Bonchev–Trinajstić information content (AvgIpc) is 3.06. The second-order valence-corrected chi connectivity index (χ2v) is 4.89. The van der Waals surface area contributed by atoms with Crippen LogP contribution in [0.5, 0.6) is 0 Å². The number of nitrogens with zero attached hydrogens (tertiary/aromatic N) is 5. The Bertz CT molecular complexity index is 816. The van der Waals surface area contributed by atoms with Crippen LogP contribution in [0.3, 0.4) is 0 Å². The lowest BCUT2D eigenvalue weighted by Gasteiger charge is -2.06. The lowest BCUT2D eigenvalue weighted by molar-refractivity contribution is 0.273. The number of hydrogen-bond acceptors (Lipinski definition) is 5. The first-order valence-corrected chi connectivity index (χ1v) is 6.50. The number of nitrogens with two attached hydrogens (primary N) is 1. The number of aryl methyl sites for hydroxylation is 1. The van der Waals surface area contributed by atoms with Gasteiger partial charge in [0.1, 0.15) is 12.0 Å². The van der Waals surface area contributed by atoms with Crippen LogP contribution in [0.4, 0.5) is 0 Å². The summed E-state index contributed by atoms with van der Waals surface area (Å²) in [4.78, 5) is 4.25. The number of rotatable bonds is 4. The first-order valence-electron chi connectivity index (χ1n) is 6.50. The molecule has 21 heavy (non-hydrogen) atoms. The first kappa shape index (κ1) is 13.3. The van der Waals surface area contributed by atoms with Crippen molar-refractivity contribution in [2.75, 3.05) is 0 Å². The van der Waals surface area contributed by atoms with Crippen LogP contribution in [0.1, 0.15) is 22.5 Å². The van der Waals surface area contributed by atoms with Gasteiger partial charge in [0.15, 0.2) is 5.65 Å². The molecule has 0 atom stereocenters. The molecular weight excluding hydrogens is 268 g/mol. The van der Waals surface area contributed by atoms with E-state index in [2.05, 4.69) is 21.8 Å². The van der Waals surface area contributed by atoms with E-state index >= 15 is 0 Å². The monoisotopic (exact) mass is 284 g/mol. The van der Waals surface area contributed by atoms with E-state index in [1.807, 2.05) is 25.3 Å². The van der Waals surface area contributed by atoms with Gasteiger partial charge in [0.05, 0.1) is 24.5 Å². The Labute approximate surface area is 121 Å². The van der Waals surface area contributed by atoms with Gasteiger partial charge in [0, 0.05) is 11.8 Å². The van der Waals surface area contributed by atoms with Gasteiger partial charge in [0.25, 0.3) is 0 Å². The van der Waals surface area contributed by atoms with Crippen LogP contribution in [0, 0.1) is 6.92 Å². The lowest BCUT2D eigenvalue weighted by Crippen LogP contribution is -2.06. The maximum absolute atomic E-state index is 9.31. The quantitative estimate of drug-likeness (QED) is 0.735. The molecule has 0 fully saturated rings. The Morgan fingerprint density at radius 1 is 1.43 bits per heavy atom. The summed E-state index contributed by atoms with van der Waals surface area (Å²) in [5.74, 6) is 0. The topological polar surface area (TPSA) is 94.3 Å². The summed E-state index contributed by atoms with van der Waals surface area (Å²) in [6.07, 6.45) is 3.39. The van der Waals surface area contributed by atoms with Crippen molar-refractivity contribution < 1.29 is 5.11 Å². The molecule has 0 aliphatic rings. The van der Waals surface area contributed by atoms with E-state index in [1.165, 1.54) is 6.33 Å². The van der Waals surface area contributed by atoms with Crippen LogP contribution in [0.15, 0.2) is 31.2 Å². The van der Waals surface area contributed by atoms with Crippen LogP contribution < -0.4 is 5.73 Å². The van der Waals surface area contributed by atoms with Crippen molar-refractivity contribution in [2.45, 2.75) is 20.1 Å². The minimum absolute atomic E-state index is 0.0852. The molecule has 0 spiro atoms. The molecule has 7 nitrogen and oxygen atoms in total. The van der Waals surface area contributed by atoms with Crippen LogP contribution in [-0.4, -0.2) is 29.5 Å². The van der Waals surface area contributed by atoms with Crippen LogP contribution in [-0.2, 0) is 13.2 Å². The summed E-state index contributed by atoms with van der Waals surface area (Å²) in [7, 11) is 0. The Morgan fingerprint density at radius 2 is 2.24 bits per heavy atom. The van der Waals surface area contributed by atoms with Gasteiger partial charge in [-0.25, -0.2) is 9.50 Å². The van der Waals surface area contributed by atoms with Crippen molar-refractivity contribution in [3.05, 3.63) is 53.8 Å². The van der Waals surface area contributed by atoms with Crippen molar-refractivity contribution in [3.8, 4) is 0 Å². The number of fused-ring (bicyclic) bond motifs is 1. The molecule has 0 aliphatic heterocycles. The Balaban J connectivity index is 2.00. The predicted octanol–water partition coefficient (Wildman–Crippen LogP) is 0.704. The van der Waals surface area contributed by atoms with Crippen LogP contribution in [0.2, 0.25) is 0 Å². The summed E-state index contributed by atoms with van der Waals surface area (Å²) in [5, 5.41) is 17.9. The van der Waals surface area contributed by atoms with Crippen molar-refractivity contribution in [2.24, 2.45) is 5.73 Å². The molecule has 3 rings (SSSR count). The minimum Gasteiger partial charge on any atom is -0.397 e. The van der Waals surface area contributed by atoms with Crippen LogP contribution in [0.25, 0.3) is 11.3 Å². The zero-order valence-electron chi connectivity index (χ0n) is 11.7. The van der Waals surface area contributed by atoms with Crippen molar-refractivity contribution in [1.29, 1.82) is 0 Å². The molecule has 3 aromatic heterocycles. The highest BCUT2D eigenvalue weighted by atomic mass is 16.3. The van der Waals surface area contributed by atoms with Gasteiger partial charge in [0.2, 0.25) is 0 Å². The Morgan fingerprint density at radius 3 is 2.90 bits per heavy atom. The maximum Gasteiger partial charge on any atom is 0.160 e. The van der Waals surface area contributed by atoms with Gasteiger partial charge in [-0.3, -0.25) is 4.68 Å². The fraction of sp³-hybridized carbons (Fsp3) is 0.214. The van der Waals surface area contributed by atoms with Gasteiger partial charge in [-0.05, 0) is 18.6 Å². The van der Waals surface area contributed by atoms with Gasteiger partial charge in [-0.15, -0.1) is 0 Å². The molecule has 7 heteroatoms. The van der Waals surface area contributed by atoms with E-state index in [0.29, 0.717) is 29.3 Å². The number of aromatic nitrogens is 5. The summed E-state index contributed by atoms with van der Waals surface area (Å²) >= 11 is 0. The van der Waals surface area contributed by atoms with E-state index < -0.39 is 0 Å². The molecule has 0 radical (unpaired) electrons. The SMILES string of the molecule is C=C(N)c1nn(Cc2ccc(CO)n3ncnc23)cc1C. The molecule has 0 bridgehead atoms. The second-order valence-electron chi connectivity index (χ2n) is 4.89. The van der Waals surface area contributed by atoms with E-state index in [9.17, 15) is 5.11 Å². The minimum atomic E-state index is -0.0852. The molecule has 3 N–H and O–H groups in total. The molecule has 0 saturated heterocycles. The number of hydrogen-bond donors (Lipinski definition) is 2. The van der Waals surface area contributed by atoms with Crippen molar-refractivity contribution >= 4 is 11.3 Å². The molecule has 108 valence electrons. The average molecular weight is 284 g/mol. The largest absolute Gasteiger partial charge is 0.397 e. The van der Waals surface area contributed by atoms with Crippen molar-refractivity contribution in [3.63, 3.8) is 0 Å². The normalized spacial score (nSPS) is 11.1. The molecule has 0 aromatic carbocycles. The Kier molecular flexibility index (Phi) is 3.19. The molecule has 0 unspecified atom stereocenters. The standard InChI is InChI=1S/C14H16N6O/c1-9-5-19(18-13(9)10(2)15)6-11-3-4-12(7-21)20-14(11)16-8-17-20/h3-5,8,21H,2,6-7,15H2,1H3. The fourth-order valence-corrected chi connectivity index (χ4v) is 2.35. The first-order chi connectivity index (χ1) is 10.1. The summed E-state index contributed by atoms with van der Waals surface area (Å²) < 4.78 is 3.43.